The van der Waals surface area contributed by atoms with Crippen LogP contribution in [0.5, 0.6) is 0 Å². The molecule has 6 N–H and O–H groups in total. The maximum atomic E-state index is 16.1. The number of aromatic nitrogens is 2. The number of aliphatic hydroxyl groups is 4. The van der Waals surface area contributed by atoms with Gasteiger partial charge in [-0.2, -0.15) is 0 Å². The fourth-order valence-corrected chi connectivity index (χ4v) is 20.6. The van der Waals surface area contributed by atoms with Gasteiger partial charge in [0, 0.05) is 105 Å². The number of hydrogen-bond acceptors (Lipinski definition) is 9. The number of H-pyrrole nitrogens is 1. The van der Waals surface area contributed by atoms with Crippen LogP contribution in [0.3, 0.4) is 0 Å². The van der Waals surface area contributed by atoms with E-state index in [1.54, 1.807) is 0 Å². The summed E-state index contributed by atoms with van der Waals surface area (Å²) in [6.45, 7) is 15.6. The molecular formula is C66H89N3O8. The zero-order valence-corrected chi connectivity index (χ0v) is 47.4. The number of ketones is 2. The van der Waals surface area contributed by atoms with Gasteiger partial charge < -0.3 is 44.8 Å². The molecule has 11 heteroatoms. The second-order valence-corrected chi connectivity index (χ2v) is 28.8. The van der Waals surface area contributed by atoms with E-state index in [2.05, 4.69) is 85.0 Å². The topological polar surface area (TPSA) is 170 Å². The highest BCUT2D eigenvalue weighted by molar-refractivity contribution is 6.02. The lowest BCUT2D eigenvalue weighted by molar-refractivity contribution is -0.266. The molecule has 0 radical (unpaired) electrons. The Labute approximate surface area is 457 Å². The number of nitrogens with zero attached hydrogens (tertiary/aromatic N) is 1. The number of carbonyl (C=O) groups excluding carboxylic acids is 2. The van der Waals surface area contributed by atoms with E-state index in [-0.39, 0.29) is 29.6 Å². The van der Waals surface area contributed by atoms with Gasteiger partial charge in [0.1, 0.15) is 11.9 Å². The summed E-state index contributed by atoms with van der Waals surface area (Å²) >= 11 is 0. The molecule has 11 nitrogen and oxygen atoms in total. The number of allylic oxidation sites excluding steroid dienone is 1. The van der Waals surface area contributed by atoms with E-state index in [1.807, 2.05) is 20.9 Å². The van der Waals surface area contributed by atoms with Gasteiger partial charge in [-0.1, -0.05) is 65.2 Å². The first-order chi connectivity index (χ1) is 36.7. The molecule has 77 heavy (non-hydrogen) atoms. The van der Waals surface area contributed by atoms with Gasteiger partial charge in [0.2, 0.25) is 0 Å². The minimum atomic E-state index is -0.944. The first-order valence-corrected chi connectivity index (χ1v) is 30.4. The van der Waals surface area contributed by atoms with Crippen molar-refractivity contribution in [2.24, 2.45) is 56.2 Å². The van der Waals surface area contributed by atoms with Crippen molar-refractivity contribution < 1.29 is 39.5 Å². The van der Waals surface area contributed by atoms with Gasteiger partial charge in [-0.25, -0.2) is 0 Å². The Morgan fingerprint density at radius 1 is 0.922 bits per heavy atom. The Kier molecular flexibility index (Phi) is 12.5. The quantitative estimate of drug-likeness (QED) is 0.0855. The molecule has 5 saturated carbocycles. The number of benzene rings is 1. The molecule has 13 rings (SSSR count). The normalized spacial score (nSPS) is 41.4. The third-order valence-corrected chi connectivity index (χ3v) is 24.7. The standard InChI is InChI=1S/C66H89N3O8/c1-59(2)58(77-59)49(72)33-61(4)44-15-11-12-18-65-20-17-50-60(3,21-24-67-7)51(73)35-64(19-16-46(70)32-64)63(50,6)57(65)56(74)47(52-53(61)48(71)34-62(52,65)5)38-69-37-43(54-55(69)42(31-44)36-68-54)28-39-27-41(40-13-9-8-10-14-40)30-45(29-39)66(75)22-25-76-26-23-66/h27,29-30,36-37,40,44,46-47,49-50,56-58,67-68,70,72,74-75H,8-10,13-26,28,31-35,38H2,1-7H3. The summed E-state index contributed by atoms with van der Waals surface area (Å²) in [5, 5.41) is 54.4. The van der Waals surface area contributed by atoms with Gasteiger partial charge in [0.05, 0.1) is 40.5 Å². The second kappa shape index (κ2) is 18.2. The predicted octanol–water partition coefficient (Wildman–Crippen LogP) is 9.92. The number of aromatic amines is 1. The number of epoxide rings is 1. The minimum Gasteiger partial charge on any atom is -0.393 e. The van der Waals surface area contributed by atoms with E-state index in [9.17, 15) is 20.4 Å². The average Bonchev–Trinajstić information content (AvgIpc) is 3.98. The number of fused-ring (bicyclic) bond motifs is 4. The maximum absolute atomic E-state index is 16.1. The highest BCUT2D eigenvalue weighted by atomic mass is 16.6. The number of rotatable bonds is 10. The van der Waals surface area contributed by atoms with Gasteiger partial charge >= 0.3 is 0 Å². The van der Waals surface area contributed by atoms with Crippen LogP contribution in [0.2, 0.25) is 0 Å². The van der Waals surface area contributed by atoms with Crippen molar-refractivity contribution in [3.8, 4) is 11.8 Å². The van der Waals surface area contributed by atoms with Crippen molar-refractivity contribution in [2.45, 2.75) is 218 Å². The smallest absolute Gasteiger partial charge is 0.160 e. The van der Waals surface area contributed by atoms with Crippen molar-refractivity contribution >= 4 is 22.6 Å². The summed E-state index contributed by atoms with van der Waals surface area (Å²) in [6, 6.07) is 6.99. The summed E-state index contributed by atoms with van der Waals surface area (Å²) in [4.78, 5) is 35.0. The van der Waals surface area contributed by atoms with Gasteiger partial charge in [-0.3, -0.25) is 9.59 Å². The lowest BCUT2D eigenvalue weighted by Crippen LogP contribution is -2.73. The number of carbonyl (C=O) groups is 2. The van der Waals surface area contributed by atoms with E-state index in [1.165, 1.54) is 30.4 Å². The molecule has 14 atom stereocenters. The lowest BCUT2D eigenvalue weighted by Gasteiger charge is -2.74. The summed E-state index contributed by atoms with van der Waals surface area (Å²) in [6.07, 6.45) is 16.7. The van der Waals surface area contributed by atoms with Crippen LogP contribution in [0.15, 0.2) is 41.7 Å². The third kappa shape index (κ3) is 7.59. The summed E-state index contributed by atoms with van der Waals surface area (Å²) in [5.74, 6) is 7.59. The van der Waals surface area contributed by atoms with Crippen LogP contribution in [-0.2, 0) is 44.1 Å². The third-order valence-electron chi connectivity index (χ3n) is 24.7. The Bertz CT molecular complexity index is 2980. The van der Waals surface area contributed by atoms with Crippen LogP contribution in [0.1, 0.15) is 191 Å². The van der Waals surface area contributed by atoms with Crippen molar-refractivity contribution in [3.63, 3.8) is 0 Å². The number of hydrogen-bond donors (Lipinski definition) is 6. The summed E-state index contributed by atoms with van der Waals surface area (Å²) < 4.78 is 14.4. The van der Waals surface area contributed by atoms with Crippen molar-refractivity contribution in [2.75, 3.05) is 26.8 Å². The summed E-state index contributed by atoms with van der Waals surface area (Å²) in [5.41, 5.74) is 4.69. The highest BCUT2D eigenvalue weighted by Gasteiger charge is 2.79. The van der Waals surface area contributed by atoms with Crippen LogP contribution < -0.4 is 5.32 Å². The predicted molar refractivity (Wildman–Crippen MR) is 297 cm³/mol. The molecule has 14 unspecified atom stereocenters. The number of nitrogens with one attached hydrogen (secondary N) is 2. The molecule has 5 bridgehead atoms. The lowest BCUT2D eigenvalue weighted by atomic mass is 9.29. The van der Waals surface area contributed by atoms with Crippen LogP contribution in [0.4, 0.5) is 0 Å². The SMILES string of the molecule is CNCCC1(C)C(=O)CC2(CCC(O)C2)C2(C)C1CCC13CC#CCC4Cc5c[nH]c6c(Cc7cc(C8CCCCC8)cc(C8(O)CCOCC8)c7)cn(c56)CC(C5=C(C(=O)CC51C)C4(C)CC(O)C1OC1(C)C)C(O)C32. The monoisotopic (exact) mass is 1050 g/mol. The maximum Gasteiger partial charge on any atom is 0.160 e. The molecule has 2 spiro atoms. The van der Waals surface area contributed by atoms with E-state index in [0.717, 1.165) is 71.0 Å². The minimum absolute atomic E-state index is 0.0462. The van der Waals surface area contributed by atoms with Crippen LogP contribution in [0.25, 0.3) is 11.0 Å². The van der Waals surface area contributed by atoms with E-state index in [4.69, 9.17) is 9.47 Å². The van der Waals surface area contributed by atoms with Gasteiger partial charge in [-0.05, 0) is 165 Å². The van der Waals surface area contributed by atoms with Gasteiger partial charge in [-0.15, -0.1) is 11.8 Å². The number of Topliss-reactive ketones (excluding diaryl/α,β-unsaturated/α-hetero) is 2. The summed E-state index contributed by atoms with van der Waals surface area (Å²) in [7, 11) is 1.96. The molecule has 1 aromatic carbocycles. The molecule has 0 amide bonds. The molecule has 7 fully saturated rings. The van der Waals surface area contributed by atoms with Crippen LogP contribution >= 0.6 is 0 Å². The Morgan fingerprint density at radius 3 is 2.40 bits per heavy atom. The molecule has 2 saturated heterocycles. The molecule has 7 aliphatic carbocycles. The van der Waals surface area contributed by atoms with Crippen LogP contribution in [-0.4, -0.2) is 98.4 Å². The highest BCUT2D eigenvalue weighted by Crippen LogP contribution is 2.81. The molecule has 5 heterocycles. The molecule has 10 aliphatic rings. The fourth-order valence-electron chi connectivity index (χ4n) is 20.6. The zero-order valence-electron chi connectivity index (χ0n) is 47.4. The molecule has 416 valence electrons. The molecule has 3 aromatic rings. The van der Waals surface area contributed by atoms with Crippen molar-refractivity contribution in [3.05, 3.63) is 69.6 Å². The first kappa shape index (κ1) is 52.8. The largest absolute Gasteiger partial charge is 0.393 e. The molecular weight excluding hydrogens is 963 g/mol. The van der Waals surface area contributed by atoms with Gasteiger partial charge in [0.15, 0.2) is 5.78 Å². The van der Waals surface area contributed by atoms with Gasteiger partial charge in [0.25, 0.3) is 0 Å². The molecule has 2 aromatic heterocycles. The van der Waals surface area contributed by atoms with Crippen LogP contribution in [0, 0.1) is 68.0 Å². The average molecular weight is 1050 g/mol. The van der Waals surface area contributed by atoms with E-state index >= 15 is 9.59 Å². The first-order valence-electron chi connectivity index (χ1n) is 30.4. The van der Waals surface area contributed by atoms with E-state index < -0.39 is 67.9 Å². The number of ether oxygens (including phenoxy) is 2. The second-order valence-electron chi connectivity index (χ2n) is 28.8. The molecule has 3 aliphatic heterocycles. The van der Waals surface area contributed by atoms with Crippen molar-refractivity contribution in [1.82, 2.24) is 14.9 Å². The Morgan fingerprint density at radius 2 is 1.69 bits per heavy atom. The van der Waals surface area contributed by atoms with Crippen molar-refractivity contribution in [1.29, 1.82) is 0 Å². The van der Waals surface area contributed by atoms with E-state index in [0.29, 0.717) is 115 Å². The Balaban J connectivity index is 1.02. The fraction of sp³-hybridized carbons (Fsp3) is 0.727. The Hall–Kier alpha value is -3.60. The number of aliphatic hydroxyl groups excluding tert-OH is 3. The zero-order chi connectivity index (χ0) is 53.9.